The summed E-state index contributed by atoms with van der Waals surface area (Å²) in [6.07, 6.45) is 0. The first-order chi connectivity index (χ1) is 9.01. The Balaban J connectivity index is 2.59. The zero-order chi connectivity index (χ0) is 14.3. The van der Waals surface area contributed by atoms with Crippen LogP contribution < -0.4 is 21.2 Å². The highest BCUT2D eigenvalue weighted by Crippen LogP contribution is 2.15. The molecular formula is C10H13N5O3S. The number of anilines is 1. The van der Waals surface area contributed by atoms with E-state index >= 15 is 0 Å². The molecular weight excluding hydrogens is 270 g/mol. The molecule has 4 N–H and O–H groups in total. The molecule has 0 aliphatic heterocycles. The molecule has 0 bridgehead atoms. The molecule has 8 nitrogen and oxygen atoms in total. The minimum absolute atomic E-state index is 0.0102. The van der Waals surface area contributed by atoms with Crippen LogP contribution in [-0.2, 0) is 0 Å². The zero-order valence-electron chi connectivity index (χ0n) is 10.1. The van der Waals surface area contributed by atoms with E-state index in [1.807, 2.05) is 6.92 Å². The molecule has 1 aromatic rings. The third kappa shape index (κ3) is 5.64. The van der Waals surface area contributed by atoms with Gasteiger partial charge in [-0.2, -0.15) is 4.99 Å². The Morgan fingerprint density at radius 3 is 2.68 bits per heavy atom. The highest BCUT2D eigenvalue weighted by molar-refractivity contribution is 7.80. The second-order valence-corrected chi connectivity index (χ2v) is 3.64. The van der Waals surface area contributed by atoms with Crippen LogP contribution in [0.25, 0.3) is 0 Å². The molecule has 1 aromatic carbocycles. The maximum Gasteiger partial charge on any atom is 0.258 e. The first-order valence-electron chi connectivity index (χ1n) is 5.30. The van der Waals surface area contributed by atoms with Crippen LogP contribution in [-0.4, -0.2) is 22.7 Å². The lowest BCUT2D eigenvalue weighted by Gasteiger charge is -2.06. The van der Waals surface area contributed by atoms with Crippen molar-refractivity contribution in [2.24, 2.45) is 10.7 Å². The van der Waals surface area contributed by atoms with Crippen molar-refractivity contribution >= 4 is 29.0 Å². The van der Waals surface area contributed by atoms with Crippen molar-refractivity contribution in [3.05, 3.63) is 34.4 Å². The van der Waals surface area contributed by atoms with Crippen molar-refractivity contribution in [2.75, 3.05) is 11.9 Å². The van der Waals surface area contributed by atoms with Crippen LogP contribution in [0.3, 0.4) is 0 Å². The van der Waals surface area contributed by atoms with Crippen molar-refractivity contribution in [1.82, 2.24) is 5.43 Å². The molecule has 0 heterocycles. The van der Waals surface area contributed by atoms with Gasteiger partial charge in [-0.3, -0.25) is 0 Å². The van der Waals surface area contributed by atoms with E-state index in [1.165, 1.54) is 0 Å². The molecule has 0 aromatic heterocycles. The second kappa shape index (κ2) is 7.11. The summed E-state index contributed by atoms with van der Waals surface area (Å²) in [5.74, 6) is 0.338. The standard InChI is InChI=1S/C10H13N5O3S/c1-2-18-8-5-3-7(4-6-8)12-10(19)13-9(11)14-15(16)17/h3-6H,2H2,1H3,(H4,11,12,13,14,19). The fourth-order valence-corrected chi connectivity index (χ4v) is 1.40. The van der Waals surface area contributed by atoms with Crippen LogP contribution in [0.2, 0.25) is 0 Å². The molecule has 0 unspecified atom stereocenters. The number of hydrogen-bond acceptors (Lipinski definition) is 4. The lowest BCUT2D eigenvalue weighted by atomic mass is 10.3. The van der Waals surface area contributed by atoms with Gasteiger partial charge in [0.1, 0.15) is 5.75 Å². The number of benzene rings is 1. The molecule has 0 saturated carbocycles. The lowest BCUT2D eigenvalue weighted by molar-refractivity contribution is -0.525. The number of thiocarbonyl (C=S) groups is 1. The molecule has 0 amide bonds. The van der Waals surface area contributed by atoms with Gasteiger partial charge in [-0.25, -0.2) is 10.1 Å². The van der Waals surface area contributed by atoms with Gasteiger partial charge in [0.15, 0.2) is 5.03 Å². The number of guanidine groups is 1. The third-order valence-electron chi connectivity index (χ3n) is 1.84. The fourth-order valence-electron chi connectivity index (χ4n) is 1.18. The Morgan fingerprint density at radius 2 is 2.16 bits per heavy atom. The predicted octanol–water partition coefficient (Wildman–Crippen LogP) is 0.878. The SMILES string of the molecule is CCOc1ccc(NC(=S)N=C(N)N[N+](=O)[O-])cc1. The van der Waals surface area contributed by atoms with Gasteiger partial charge in [-0.05, 0) is 43.4 Å². The van der Waals surface area contributed by atoms with Crippen LogP contribution in [0.4, 0.5) is 5.69 Å². The van der Waals surface area contributed by atoms with E-state index in [4.69, 9.17) is 22.7 Å². The Hall–Kier alpha value is -2.42. The van der Waals surface area contributed by atoms with Gasteiger partial charge in [-0.1, -0.05) is 5.43 Å². The van der Waals surface area contributed by atoms with Gasteiger partial charge in [0, 0.05) is 5.69 Å². The molecule has 9 heteroatoms. The molecule has 1 rings (SSSR count). The average Bonchev–Trinajstić information content (AvgIpc) is 2.30. The van der Waals surface area contributed by atoms with Gasteiger partial charge >= 0.3 is 0 Å². The van der Waals surface area contributed by atoms with E-state index in [0.717, 1.165) is 5.75 Å². The molecule has 0 atom stereocenters. The van der Waals surface area contributed by atoms with E-state index < -0.39 is 11.0 Å². The van der Waals surface area contributed by atoms with Gasteiger partial charge in [0.05, 0.1) is 6.61 Å². The number of rotatable bonds is 4. The van der Waals surface area contributed by atoms with Crippen molar-refractivity contribution in [3.8, 4) is 5.75 Å². The molecule has 0 aliphatic rings. The van der Waals surface area contributed by atoms with E-state index in [-0.39, 0.29) is 5.11 Å². The molecule has 0 fully saturated rings. The summed E-state index contributed by atoms with van der Waals surface area (Å²) in [5, 5.41) is 12.1. The first kappa shape index (κ1) is 14.6. The summed E-state index contributed by atoms with van der Waals surface area (Å²) in [5.41, 5.74) is 7.60. The Kier molecular flexibility index (Phi) is 5.48. The summed E-state index contributed by atoms with van der Waals surface area (Å²) in [6.45, 7) is 2.47. The van der Waals surface area contributed by atoms with Crippen molar-refractivity contribution < 1.29 is 9.77 Å². The molecule has 0 radical (unpaired) electrons. The van der Waals surface area contributed by atoms with Crippen molar-refractivity contribution in [1.29, 1.82) is 0 Å². The van der Waals surface area contributed by atoms with Crippen LogP contribution in [0.1, 0.15) is 6.92 Å². The summed E-state index contributed by atoms with van der Waals surface area (Å²) in [7, 11) is 0. The quantitative estimate of drug-likeness (QED) is 0.247. The Bertz CT molecular complexity index is 488. The highest BCUT2D eigenvalue weighted by Gasteiger charge is 2.02. The normalized spacial score (nSPS) is 10.7. The Labute approximate surface area is 114 Å². The Morgan fingerprint density at radius 1 is 1.53 bits per heavy atom. The zero-order valence-corrected chi connectivity index (χ0v) is 10.9. The molecule has 0 spiro atoms. The van der Waals surface area contributed by atoms with Crippen LogP contribution in [0, 0.1) is 10.1 Å². The largest absolute Gasteiger partial charge is 0.494 e. The van der Waals surface area contributed by atoms with Gasteiger partial charge in [0.25, 0.3) is 5.96 Å². The summed E-state index contributed by atoms with van der Waals surface area (Å²) in [6, 6.07) is 7.00. The number of nitro groups is 1. The number of nitrogens with one attached hydrogen (secondary N) is 2. The third-order valence-corrected chi connectivity index (χ3v) is 2.04. The monoisotopic (exact) mass is 283 g/mol. The number of nitrogens with two attached hydrogens (primary N) is 1. The van der Waals surface area contributed by atoms with Gasteiger partial charge < -0.3 is 15.8 Å². The summed E-state index contributed by atoms with van der Waals surface area (Å²) < 4.78 is 5.28. The maximum atomic E-state index is 10.1. The van der Waals surface area contributed by atoms with Crippen LogP contribution in [0.5, 0.6) is 5.75 Å². The number of nitrogens with zero attached hydrogens (tertiary/aromatic N) is 2. The molecule has 102 valence electrons. The topological polar surface area (TPSA) is 115 Å². The second-order valence-electron chi connectivity index (χ2n) is 3.25. The average molecular weight is 283 g/mol. The number of ether oxygens (including phenoxy) is 1. The number of hydrogen-bond donors (Lipinski definition) is 3. The van der Waals surface area contributed by atoms with Crippen LogP contribution in [0.15, 0.2) is 29.3 Å². The maximum absolute atomic E-state index is 10.1. The van der Waals surface area contributed by atoms with E-state index in [1.54, 1.807) is 29.7 Å². The molecule has 19 heavy (non-hydrogen) atoms. The highest BCUT2D eigenvalue weighted by atomic mass is 32.1. The van der Waals surface area contributed by atoms with Crippen LogP contribution >= 0.6 is 12.2 Å². The van der Waals surface area contributed by atoms with Crippen molar-refractivity contribution in [2.45, 2.75) is 6.92 Å². The summed E-state index contributed by atoms with van der Waals surface area (Å²) in [4.78, 5) is 13.7. The number of aliphatic imine (C=N–C) groups is 1. The smallest absolute Gasteiger partial charge is 0.258 e. The fraction of sp³-hybridized carbons (Fsp3) is 0.200. The molecule has 0 saturated heterocycles. The minimum Gasteiger partial charge on any atom is -0.494 e. The first-order valence-corrected chi connectivity index (χ1v) is 5.71. The van der Waals surface area contributed by atoms with Gasteiger partial charge in [-0.15, -0.1) is 0 Å². The predicted molar refractivity (Wildman–Crippen MR) is 75.6 cm³/mol. The van der Waals surface area contributed by atoms with E-state index in [9.17, 15) is 10.1 Å². The summed E-state index contributed by atoms with van der Waals surface area (Å²) >= 11 is 4.88. The minimum atomic E-state index is -0.821. The van der Waals surface area contributed by atoms with E-state index in [0.29, 0.717) is 12.3 Å². The van der Waals surface area contributed by atoms with Crippen molar-refractivity contribution in [3.63, 3.8) is 0 Å². The number of hydrazine groups is 1. The van der Waals surface area contributed by atoms with Gasteiger partial charge in [0.2, 0.25) is 5.11 Å². The molecule has 0 aliphatic carbocycles. The lowest BCUT2D eigenvalue weighted by Crippen LogP contribution is -2.37. The van der Waals surface area contributed by atoms with E-state index in [2.05, 4.69) is 10.3 Å².